The molecule has 0 radical (unpaired) electrons. The van der Waals surface area contributed by atoms with Crippen LogP contribution >= 0.6 is 11.8 Å². The molecule has 1 saturated heterocycles. The number of hydrogen-bond donors (Lipinski definition) is 1. The lowest BCUT2D eigenvalue weighted by molar-refractivity contribution is -0.129. The van der Waals surface area contributed by atoms with Crippen LogP contribution < -0.4 is 5.32 Å². The summed E-state index contributed by atoms with van der Waals surface area (Å²) < 4.78 is 0. The quantitative estimate of drug-likeness (QED) is 0.838. The van der Waals surface area contributed by atoms with Gasteiger partial charge in [0.2, 0.25) is 5.91 Å². The second-order valence-electron chi connectivity index (χ2n) is 6.20. The molecule has 0 atom stereocenters. The van der Waals surface area contributed by atoms with Crippen LogP contribution in [0.2, 0.25) is 0 Å². The molecule has 4 heteroatoms. The largest absolute Gasteiger partial charge is 0.342 e. The number of carbonyl (C=O) groups excluding carboxylic acids is 1. The summed E-state index contributed by atoms with van der Waals surface area (Å²) in [6.07, 6.45) is 3.56. The molecule has 1 N–H and O–H groups in total. The molecule has 0 aromatic heterocycles. The number of aryl methyl sites for hydroxylation is 1. The van der Waals surface area contributed by atoms with Crippen LogP contribution in [0, 0.1) is 12.8 Å². The third-order valence-electron chi connectivity index (χ3n) is 4.35. The Morgan fingerprint density at radius 2 is 2.14 bits per heavy atom. The number of thioether (sulfide) groups is 1. The maximum Gasteiger partial charge on any atom is 0.232 e. The normalized spacial score (nSPS) is 16.0. The Morgan fingerprint density at radius 3 is 2.82 bits per heavy atom. The van der Waals surface area contributed by atoms with E-state index in [9.17, 15) is 4.79 Å². The van der Waals surface area contributed by atoms with Gasteiger partial charge in [0, 0.05) is 18.8 Å². The van der Waals surface area contributed by atoms with Gasteiger partial charge in [-0.25, -0.2) is 0 Å². The smallest absolute Gasteiger partial charge is 0.232 e. The summed E-state index contributed by atoms with van der Waals surface area (Å²) in [5, 5.41) is 3.21. The fourth-order valence-electron chi connectivity index (χ4n) is 2.97. The van der Waals surface area contributed by atoms with Crippen LogP contribution in [0.15, 0.2) is 24.3 Å². The molecule has 1 aliphatic heterocycles. The topological polar surface area (TPSA) is 32.3 Å². The zero-order valence-electron chi connectivity index (χ0n) is 13.8. The molecular weight excluding hydrogens is 292 g/mol. The van der Waals surface area contributed by atoms with Crippen LogP contribution in [0.1, 0.15) is 30.4 Å². The van der Waals surface area contributed by atoms with Gasteiger partial charge < -0.3 is 10.2 Å². The van der Waals surface area contributed by atoms with Gasteiger partial charge in [-0.05, 0) is 51.3 Å². The molecule has 1 fully saturated rings. The van der Waals surface area contributed by atoms with Crippen LogP contribution in [-0.2, 0) is 10.5 Å². The molecule has 1 amide bonds. The summed E-state index contributed by atoms with van der Waals surface area (Å²) in [4.78, 5) is 14.3. The summed E-state index contributed by atoms with van der Waals surface area (Å²) in [6.45, 7) is 5.08. The zero-order valence-corrected chi connectivity index (χ0v) is 14.6. The molecular formula is C18H28N2OS. The minimum Gasteiger partial charge on any atom is -0.342 e. The maximum atomic E-state index is 12.3. The van der Waals surface area contributed by atoms with E-state index in [2.05, 4.69) is 41.4 Å². The number of nitrogens with zero attached hydrogens (tertiary/aromatic N) is 1. The van der Waals surface area contributed by atoms with Crippen LogP contribution in [0.25, 0.3) is 0 Å². The van der Waals surface area contributed by atoms with Crippen molar-refractivity contribution in [2.45, 2.75) is 31.9 Å². The number of hydrogen-bond acceptors (Lipinski definition) is 3. The van der Waals surface area contributed by atoms with Gasteiger partial charge in [-0.15, -0.1) is 11.8 Å². The molecule has 1 aliphatic rings. The van der Waals surface area contributed by atoms with E-state index >= 15 is 0 Å². The number of nitrogens with one attached hydrogen (secondary N) is 1. The molecule has 1 aromatic rings. The van der Waals surface area contributed by atoms with Gasteiger partial charge in [-0.2, -0.15) is 0 Å². The van der Waals surface area contributed by atoms with Crippen molar-refractivity contribution >= 4 is 17.7 Å². The Kier molecular flexibility index (Phi) is 7.26. The average molecular weight is 321 g/mol. The highest BCUT2D eigenvalue weighted by molar-refractivity contribution is 7.99. The SMILES string of the molecule is CNCCC1CCN(C(=O)CSCc2cccc(C)c2)CC1. The second kappa shape index (κ2) is 9.21. The number of piperidine rings is 1. The van der Waals surface area contributed by atoms with E-state index in [0.29, 0.717) is 11.7 Å². The molecule has 122 valence electrons. The Balaban J connectivity index is 1.66. The van der Waals surface area contributed by atoms with Crippen molar-refractivity contribution in [2.24, 2.45) is 5.92 Å². The Morgan fingerprint density at radius 1 is 1.36 bits per heavy atom. The summed E-state index contributed by atoms with van der Waals surface area (Å²) >= 11 is 1.73. The first-order chi connectivity index (χ1) is 10.7. The Hall–Kier alpha value is -1.00. The van der Waals surface area contributed by atoms with E-state index in [4.69, 9.17) is 0 Å². The fourth-order valence-corrected chi connectivity index (χ4v) is 3.84. The molecule has 22 heavy (non-hydrogen) atoms. The molecule has 0 unspecified atom stereocenters. The predicted octanol–water partition coefficient (Wildman–Crippen LogP) is 3.08. The van der Waals surface area contributed by atoms with E-state index in [-0.39, 0.29) is 0 Å². The molecule has 3 nitrogen and oxygen atoms in total. The first-order valence-corrected chi connectivity index (χ1v) is 9.40. The fraction of sp³-hybridized carbons (Fsp3) is 0.611. The van der Waals surface area contributed by atoms with E-state index in [0.717, 1.165) is 44.1 Å². The highest BCUT2D eigenvalue weighted by Gasteiger charge is 2.22. The van der Waals surface area contributed by atoms with Gasteiger partial charge in [0.15, 0.2) is 0 Å². The lowest BCUT2D eigenvalue weighted by Gasteiger charge is -2.32. The van der Waals surface area contributed by atoms with Crippen LogP contribution in [0.5, 0.6) is 0 Å². The van der Waals surface area contributed by atoms with Crippen LogP contribution in [-0.4, -0.2) is 43.2 Å². The van der Waals surface area contributed by atoms with E-state index < -0.39 is 0 Å². The molecule has 0 bridgehead atoms. The highest BCUT2D eigenvalue weighted by atomic mass is 32.2. The number of likely N-dealkylation sites (tertiary alicyclic amines) is 1. The minimum absolute atomic E-state index is 0.310. The summed E-state index contributed by atoms with van der Waals surface area (Å²) in [6, 6.07) is 8.53. The molecule has 1 heterocycles. The van der Waals surface area contributed by atoms with Crippen molar-refractivity contribution in [2.75, 3.05) is 32.4 Å². The second-order valence-corrected chi connectivity index (χ2v) is 7.18. The number of amides is 1. The average Bonchev–Trinajstić information content (AvgIpc) is 2.53. The van der Waals surface area contributed by atoms with Gasteiger partial charge in [0.1, 0.15) is 0 Å². The summed E-state index contributed by atoms with van der Waals surface area (Å²) in [7, 11) is 2.00. The maximum absolute atomic E-state index is 12.3. The van der Waals surface area contributed by atoms with Crippen molar-refractivity contribution in [3.05, 3.63) is 35.4 Å². The summed E-state index contributed by atoms with van der Waals surface area (Å²) in [5.41, 5.74) is 2.59. The first-order valence-electron chi connectivity index (χ1n) is 8.24. The van der Waals surface area contributed by atoms with Gasteiger partial charge >= 0.3 is 0 Å². The Bertz CT molecular complexity index is 470. The van der Waals surface area contributed by atoms with Crippen molar-refractivity contribution in [1.29, 1.82) is 0 Å². The van der Waals surface area contributed by atoms with Gasteiger partial charge in [-0.1, -0.05) is 29.8 Å². The third-order valence-corrected chi connectivity index (χ3v) is 5.34. The van der Waals surface area contributed by atoms with Crippen LogP contribution in [0.4, 0.5) is 0 Å². The van der Waals surface area contributed by atoms with Crippen molar-refractivity contribution in [3.63, 3.8) is 0 Å². The number of carbonyl (C=O) groups is 1. The van der Waals surface area contributed by atoms with Crippen molar-refractivity contribution in [1.82, 2.24) is 10.2 Å². The standard InChI is InChI=1S/C18H28N2OS/c1-15-4-3-5-17(12-15)13-22-14-18(21)20-10-7-16(8-11-20)6-9-19-2/h3-5,12,16,19H,6-11,13-14H2,1-2H3. The zero-order chi connectivity index (χ0) is 15.8. The van der Waals surface area contributed by atoms with Gasteiger partial charge in [-0.3, -0.25) is 4.79 Å². The predicted molar refractivity (Wildman–Crippen MR) is 95.2 cm³/mol. The molecule has 0 aliphatic carbocycles. The molecule has 0 spiro atoms. The van der Waals surface area contributed by atoms with Gasteiger partial charge in [0.05, 0.1) is 5.75 Å². The number of rotatable bonds is 7. The lowest BCUT2D eigenvalue weighted by atomic mass is 9.93. The Labute approximate surface area is 138 Å². The monoisotopic (exact) mass is 320 g/mol. The van der Waals surface area contributed by atoms with E-state index in [1.165, 1.54) is 17.5 Å². The van der Waals surface area contributed by atoms with Gasteiger partial charge in [0.25, 0.3) is 0 Å². The van der Waals surface area contributed by atoms with E-state index in [1.807, 2.05) is 7.05 Å². The summed E-state index contributed by atoms with van der Waals surface area (Å²) in [5.74, 6) is 2.63. The van der Waals surface area contributed by atoms with Crippen LogP contribution in [0.3, 0.4) is 0 Å². The lowest BCUT2D eigenvalue weighted by Crippen LogP contribution is -2.39. The van der Waals surface area contributed by atoms with Crippen molar-refractivity contribution < 1.29 is 4.79 Å². The minimum atomic E-state index is 0.310. The van der Waals surface area contributed by atoms with Crippen molar-refractivity contribution in [3.8, 4) is 0 Å². The molecule has 0 saturated carbocycles. The first kappa shape index (κ1) is 17.4. The third kappa shape index (κ3) is 5.65. The number of benzene rings is 1. The van der Waals surface area contributed by atoms with E-state index in [1.54, 1.807) is 11.8 Å². The molecule has 2 rings (SSSR count). The molecule has 1 aromatic carbocycles. The highest BCUT2D eigenvalue weighted by Crippen LogP contribution is 2.21.